The Labute approximate surface area is 161 Å². The summed E-state index contributed by atoms with van der Waals surface area (Å²) in [5.41, 5.74) is 0. The summed E-state index contributed by atoms with van der Waals surface area (Å²) in [6.45, 7) is 4.10. The minimum absolute atomic E-state index is 0.117. The second-order valence-corrected chi connectivity index (χ2v) is 6.52. The number of ketones is 1. The summed E-state index contributed by atoms with van der Waals surface area (Å²) in [4.78, 5) is 23.2. The Morgan fingerprint density at radius 1 is 1.12 bits per heavy atom. The summed E-state index contributed by atoms with van der Waals surface area (Å²) in [6, 6.07) is 5.35. The van der Waals surface area contributed by atoms with Gasteiger partial charge in [0, 0.05) is 6.07 Å². The van der Waals surface area contributed by atoms with Gasteiger partial charge in [0.05, 0.1) is 25.3 Å². The van der Waals surface area contributed by atoms with Crippen LogP contribution < -0.4 is 9.47 Å². The molecular formula is C20H29ClO5. The fraction of sp³-hybridized carbons (Fsp3) is 0.600. The van der Waals surface area contributed by atoms with Crippen molar-refractivity contribution in [1.82, 2.24) is 0 Å². The number of halogens is 1. The Morgan fingerprint density at radius 3 is 2.42 bits per heavy atom. The number of carbonyl (C=O) groups excluding carboxylic acids is 2. The van der Waals surface area contributed by atoms with Gasteiger partial charge in [-0.2, -0.15) is 0 Å². The predicted molar refractivity (Wildman–Crippen MR) is 102 cm³/mol. The smallest absolute Gasteiger partial charge is 0.316 e. The third-order valence-corrected chi connectivity index (χ3v) is 4.39. The topological polar surface area (TPSA) is 61.8 Å². The number of rotatable bonds is 13. The number of Topliss-reactive ketones (excluding diaryl/α,β-unsaturated/α-hetero) is 1. The highest BCUT2D eigenvalue weighted by molar-refractivity contribution is 6.32. The molecule has 6 heteroatoms. The summed E-state index contributed by atoms with van der Waals surface area (Å²) in [5.74, 6) is 0.230. The summed E-state index contributed by atoms with van der Waals surface area (Å²) >= 11 is 6.12. The van der Waals surface area contributed by atoms with Crippen LogP contribution in [0.5, 0.6) is 11.5 Å². The van der Waals surface area contributed by atoms with E-state index in [1.54, 1.807) is 26.2 Å². The van der Waals surface area contributed by atoms with Gasteiger partial charge in [-0.25, -0.2) is 0 Å². The first-order valence-electron chi connectivity index (χ1n) is 9.13. The lowest BCUT2D eigenvalue weighted by atomic mass is 9.97. The van der Waals surface area contributed by atoms with Gasteiger partial charge in [-0.1, -0.05) is 37.3 Å². The molecule has 1 aromatic rings. The van der Waals surface area contributed by atoms with E-state index < -0.39 is 11.9 Å². The number of ether oxygens (including phenoxy) is 3. The van der Waals surface area contributed by atoms with Crippen molar-refractivity contribution in [3.05, 3.63) is 23.2 Å². The molecule has 1 atom stereocenters. The van der Waals surface area contributed by atoms with Gasteiger partial charge in [0.25, 0.3) is 0 Å². The molecule has 0 saturated heterocycles. The van der Waals surface area contributed by atoms with E-state index in [0.717, 1.165) is 32.1 Å². The molecule has 0 aliphatic rings. The molecule has 1 unspecified atom stereocenters. The zero-order chi connectivity index (χ0) is 19.4. The molecule has 1 aromatic carbocycles. The molecule has 0 radical (unpaired) electrons. The lowest BCUT2D eigenvalue weighted by Crippen LogP contribution is -2.24. The number of methoxy groups -OCH3 is 1. The summed E-state index contributed by atoms with van der Waals surface area (Å²) < 4.78 is 15.7. The second-order valence-electron chi connectivity index (χ2n) is 6.12. The average Bonchev–Trinajstić information content (AvgIpc) is 2.61. The van der Waals surface area contributed by atoms with Crippen LogP contribution in [0.15, 0.2) is 18.2 Å². The third-order valence-electron chi connectivity index (χ3n) is 4.10. The molecule has 0 N–H and O–H groups in total. The van der Waals surface area contributed by atoms with E-state index >= 15 is 0 Å². The molecule has 0 aliphatic carbocycles. The quantitative estimate of drug-likeness (QED) is 0.277. The Bertz CT molecular complexity index is 573. The van der Waals surface area contributed by atoms with E-state index in [0.29, 0.717) is 36.2 Å². The van der Waals surface area contributed by atoms with Crippen LogP contribution in [-0.2, 0) is 14.3 Å². The highest BCUT2D eigenvalue weighted by atomic mass is 35.5. The van der Waals surface area contributed by atoms with Crippen molar-refractivity contribution in [1.29, 1.82) is 0 Å². The molecule has 0 aliphatic heterocycles. The van der Waals surface area contributed by atoms with Crippen molar-refractivity contribution < 1.29 is 23.8 Å². The number of esters is 1. The average molecular weight is 385 g/mol. The van der Waals surface area contributed by atoms with Crippen molar-refractivity contribution in [3.8, 4) is 11.5 Å². The Hall–Kier alpha value is -1.75. The van der Waals surface area contributed by atoms with Crippen molar-refractivity contribution in [2.45, 2.75) is 52.4 Å². The highest BCUT2D eigenvalue weighted by Crippen LogP contribution is 2.28. The van der Waals surface area contributed by atoms with E-state index in [1.165, 1.54) is 6.92 Å². The van der Waals surface area contributed by atoms with Crippen molar-refractivity contribution in [3.63, 3.8) is 0 Å². The first kappa shape index (κ1) is 22.3. The van der Waals surface area contributed by atoms with Gasteiger partial charge in [0.15, 0.2) is 0 Å². The first-order chi connectivity index (χ1) is 12.5. The number of hydrogen-bond acceptors (Lipinski definition) is 5. The highest BCUT2D eigenvalue weighted by Gasteiger charge is 2.23. The van der Waals surface area contributed by atoms with Crippen LogP contribution in [0.2, 0.25) is 5.02 Å². The minimum Gasteiger partial charge on any atom is -0.497 e. The largest absolute Gasteiger partial charge is 0.497 e. The number of benzene rings is 1. The van der Waals surface area contributed by atoms with E-state index in [2.05, 4.69) is 0 Å². The van der Waals surface area contributed by atoms with Crippen LogP contribution in [0.1, 0.15) is 52.4 Å². The van der Waals surface area contributed by atoms with Gasteiger partial charge in [-0.15, -0.1) is 0 Å². The normalized spacial score (nSPS) is 11.7. The van der Waals surface area contributed by atoms with E-state index in [-0.39, 0.29) is 5.78 Å². The fourth-order valence-corrected chi connectivity index (χ4v) is 2.84. The maximum atomic E-state index is 11.7. The SMILES string of the molecule is CCOC(=O)C(CCCCCCCOc1ccc(OC)cc1Cl)C(C)=O. The van der Waals surface area contributed by atoms with Gasteiger partial charge in [0.1, 0.15) is 23.2 Å². The zero-order valence-corrected chi connectivity index (χ0v) is 16.6. The third kappa shape index (κ3) is 8.09. The standard InChI is InChI=1S/C20H29ClO5/c1-4-25-20(23)17(15(2)22)10-8-6-5-7-9-13-26-19-12-11-16(24-3)14-18(19)21/h11-12,14,17H,4-10,13H2,1-3H3. The number of unbranched alkanes of at least 4 members (excludes halogenated alkanes) is 4. The lowest BCUT2D eigenvalue weighted by molar-refractivity contribution is -0.151. The van der Waals surface area contributed by atoms with Crippen LogP contribution in [0, 0.1) is 5.92 Å². The predicted octanol–water partition coefficient (Wildman–Crippen LogP) is 4.84. The molecule has 0 fully saturated rings. The maximum absolute atomic E-state index is 11.7. The molecule has 0 spiro atoms. The van der Waals surface area contributed by atoms with Gasteiger partial charge >= 0.3 is 5.97 Å². The van der Waals surface area contributed by atoms with Gasteiger partial charge in [-0.3, -0.25) is 9.59 Å². The Kier molecular flexibility index (Phi) is 10.8. The molecule has 0 amide bonds. The van der Waals surface area contributed by atoms with Crippen molar-refractivity contribution >= 4 is 23.4 Å². The Balaban J connectivity index is 2.15. The van der Waals surface area contributed by atoms with Crippen molar-refractivity contribution in [2.24, 2.45) is 5.92 Å². The molecule has 26 heavy (non-hydrogen) atoms. The van der Waals surface area contributed by atoms with Gasteiger partial charge in [-0.05, 0) is 38.8 Å². The molecule has 0 bridgehead atoms. The number of carbonyl (C=O) groups is 2. The lowest BCUT2D eigenvalue weighted by Gasteiger charge is -2.12. The van der Waals surface area contributed by atoms with E-state index in [4.69, 9.17) is 25.8 Å². The van der Waals surface area contributed by atoms with Crippen LogP contribution in [0.3, 0.4) is 0 Å². The van der Waals surface area contributed by atoms with Gasteiger partial charge < -0.3 is 14.2 Å². The van der Waals surface area contributed by atoms with E-state index in [9.17, 15) is 9.59 Å². The van der Waals surface area contributed by atoms with Gasteiger partial charge in [0.2, 0.25) is 0 Å². The molecule has 0 saturated carbocycles. The second kappa shape index (κ2) is 12.6. The summed E-state index contributed by atoms with van der Waals surface area (Å²) in [5, 5.41) is 0.540. The molecular weight excluding hydrogens is 356 g/mol. The van der Waals surface area contributed by atoms with Crippen LogP contribution >= 0.6 is 11.6 Å². The summed E-state index contributed by atoms with van der Waals surface area (Å²) in [6.07, 6.45) is 5.37. The molecule has 5 nitrogen and oxygen atoms in total. The van der Waals surface area contributed by atoms with Crippen molar-refractivity contribution in [2.75, 3.05) is 20.3 Å². The van der Waals surface area contributed by atoms with Crippen LogP contribution in [-0.4, -0.2) is 32.1 Å². The molecule has 146 valence electrons. The molecule has 0 aromatic heterocycles. The van der Waals surface area contributed by atoms with Crippen LogP contribution in [0.4, 0.5) is 0 Å². The zero-order valence-electron chi connectivity index (χ0n) is 15.9. The van der Waals surface area contributed by atoms with Crippen LogP contribution in [0.25, 0.3) is 0 Å². The molecule has 0 heterocycles. The molecule has 1 rings (SSSR count). The fourth-order valence-electron chi connectivity index (χ4n) is 2.62. The Morgan fingerprint density at radius 2 is 1.81 bits per heavy atom. The monoisotopic (exact) mass is 384 g/mol. The first-order valence-corrected chi connectivity index (χ1v) is 9.50. The van der Waals surface area contributed by atoms with E-state index in [1.807, 2.05) is 6.07 Å². The number of hydrogen-bond donors (Lipinski definition) is 0. The maximum Gasteiger partial charge on any atom is 0.316 e. The summed E-state index contributed by atoms with van der Waals surface area (Å²) in [7, 11) is 1.59. The minimum atomic E-state index is -0.615.